The molecule has 1 radical (unpaired) electrons. The topological polar surface area (TPSA) is 29.7 Å². The van der Waals surface area contributed by atoms with E-state index in [0.29, 0.717) is 0 Å². The lowest BCUT2D eigenvalue weighted by molar-refractivity contribution is 0.470. The van der Waals surface area contributed by atoms with Gasteiger partial charge in [-0.15, -0.1) is 5.01 Å². The molecule has 1 heterocycles. The highest BCUT2D eigenvalue weighted by Gasteiger charge is 1.99. The van der Waals surface area contributed by atoms with E-state index >= 15 is 0 Å². The van der Waals surface area contributed by atoms with E-state index in [1.165, 1.54) is 0 Å². The summed E-state index contributed by atoms with van der Waals surface area (Å²) < 4.78 is 0. The number of rotatable bonds is 0. The summed E-state index contributed by atoms with van der Waals surface area (Å²) in [5.74, 6) is 0. The molecule has 0 aromatic rings. The summed E-state index contributed by atoms with van der Waals surface area (Å²) in [7, 11) is 1.83. The lowest BCUT2D eigenvalue weighted by Gasteiger charge is -1.79. The molecule has 0 saturated heterocycles. The van der Waals surface area contributed by atoms with Crippen molar-refractivity contribution in [2.24, 2.45) is 5.22 Å². The van der Waals surface area contributed by atoms with E-state index in [4.69, 9.17) is 0 Å². The maximum absolute atomic E-state index is 3.58. The average molecular weight is 83.1 g/mol. The van der Waals surface area contributed by atoms with Crippen molar-refractivity contribution in [3.8, 4) is 0 Å². The highest BCUT2D eigenvalue weighted by molar-refractivity contribution is 4.76. The summed E-state index contributed by atoms with van der Waals surface area (Å²) in [5.41, 5.74) is 0. The first-order valence-electron chi connectivity index (χ1n) is 1.70. The van der Waals surface area contributed by atoms with E-state index in [0.717, 1.165) is 0 Å². The van der Waals surface area contributed by atoms with Crippen molar-refractivity contribution in [1.82, 2.24) is 10.1 Å². The third-order valence-corrected chi connectivity index (χ3v) is 0.542. The van der Waals surface area contributed by atoms with E-state index in [1.807, 2.05) is 7.05 Å². The van der Waals surface area contributed by atoms with Crippen LogP contribution in [0.4, 0.5) is 0 Å². The Balaban J connectivity index is 2.60. The van der Waals surface area contributed by atoms with Gasteiger partial charge in [0.1, 0.15) is 12.3 Å². The monoisotopic (exact) mass is 83.0 g/mol. The van der Waals surface area contributed by atoms with Crippen LogP contribution >= 0.6 is 0 Å². The number of nitrogens with zero attached hydrogens (tertiary/aromatic N) is 3. The molecule has 0 N–H and O–H groups in total. The van der Waals surface area contributed by atoms with Gasteiger partial charge >= 0.3 is 0 Å². The molecular weight excluding hydrogens is 78.1 g/mol. The molecular formula is C3H5N3+. The minimum atomic E-state index is 1.64. The van der Waals surface area contributed by atoms with Crippen LogP contribution in [0.5, 0.6) is 0 Å². The van der Waals surface area contributed by atoms with Crippen LogP contribution in [0.3, 0.4) is 0 Å². The summed E-state index contributed by atoms with van der Waals surface area (Å²) in [6.45, 7) is 0. The summed E-state index contributed by atoms with van der Waals surface area (Å²) in [4.78, 5) is 0. The molecule has 0 aliphatic carbocycles. The smallest absolute Gasteiger partial charge is 0.137 e. The molecule has 0 amide bonds. The molecule has 0 bridgehead atoms. The molecule has 1 aliphatic rings. The van der Waals surface area contributed by atoms with Gasteiger partial charge in [0, 0.05) is 0 Å². The molecule has 0 aromatic carbocycles. The maximum atomic E-state index is 3.58. The van der Waals surface area contributed by atoms with Gasteiger partial charge in [-0.2, -0.15) is 0 Å². The molecule has 0 unspecified atom stereocenters. The molecule has 0 aromatic heterocycles. The van der Waals surface area contributed by atoms with Crippen LogP contribution in [0.2, 0.25) is 0 Å². The van der Waals surface area contributed by atoms with Gasteiger partial charge in [0.25, 0.3) is 0 Å². The van der Waals surface area contributed by atoms with Crippen molar-refractivity contribution in [3.63, 3.8) is 0 Å². The quantitative estimate of drug-likeness (QED) is 0.408. The molecule has 0 fully saturated rings. The Bertz CT molecular complexity index is 82.2. The van der Waals surface area contributed by atoms with Crippen LogP contribution < -0.4 is 5.11 Å². The van der Waals surface area contributed by atoms with E-state index in [9.17, 15) is 0 Å². The zero-order valence-electron chi connectivity index (χ0n) is 3.50. The first-order valence-corrected chi connectivity index (χ1v) is 1.70. The lowest BCUT2D eigenvalue weighted by Crippen LogP contribution is -1.94. The second kappa shape index (κ2) is 1.08. The van der Waals surface area contributed by atoms with Crippen molar-refractivity contribution in [2.75, 3.05) is 7.05 Å². The van der Waals surface area contributed by atoms with Crippen LogP contribution in [0, 0.1) is 0 Å². The molecule has 6 heavy (non-hydrogen) atoms. The molecule has 1 rings (SSSR count). The minimum absolute atomic E-state index is 1.64. The normalized spacial score (nSPS) is 17.2. The van der Waals surface area contributed by atoms with Crippen LogP contribution in [-0.4, -0.2) is 12.1 Å². The van der Waals surface area contributed by atoms with Gasteiger partial charge in [-0.1, -0.05) is 0 Å². The summed E-state index contributed by atoms with van der Waals surface area (Å²) in [5, 5.41) is 8.76. The van der Waals surface area contributed by atoms with E-state index < -0.39 is 0 Å². The van der Waals surface area contributed by atoms with Gasteiger partial charge in [-0.05, 0) is 0 Å². The largest absolute Gasteiger partial charge is 0.208 e. The third-order valence-electron chi connectivity index (χ3n) is 0.542. The van der Waals surface area contributed by atoms with Crippen molar-refractivity contribution in [1.29, 1.82) is 0 Å². The molecule has 31 valence electrons. The van der Waals surface area contributed by atoms with Gasteiger partial charge in [0.05, 0.1) is 5.11 Å². The average Bonchev–Trinajstić information content (AvgIpc) is 1.86. The van der Waals surface area contributed by atoms with Crippen LogP contribution in [-0.2, 0) is 0 Å². The SMILES string of the molecule is CN1C=C[N+]=N1. The summed E-state index contributed by atoms with van der Waals surface area (Å²) >= 11 is 0. The Kier molecular flexibility index (Phi) is 0.602. The summed E-state index contributed by atoms with van der Waals surface area (Å²) in [6, 6.07) is 0. The predicted molar refractivity (Wildman–Crippen MR) is 21.5 cm³/mol. The van der Waals surface area contributed by atoms with E-state index in [-0.39, 0.29) is 0 Å². The molecule has 1 aliphatic heterocycles. The second-order valence-electron chi connectivity index (χ2n) is 1.08. The summed E-state index contributed by atoms with van der Waals surface area (Å²) in [6.07, 6.45) is 3.42. The highest BCUT2D eigenvalue weighted by Crippen LogP contribution is 1.86. The zero-order valence-corrected chi connectivity index (χ0v) is 3.50. The number of hydrogen-bond acceptors (Lipinski definition) is 3. The Morgan fingerprint density at radius 1 is 1.83 bits per heavy atom. The van der Waals surface area contributed by atoms with Gasteiger partial charge < -0.3 is 0 Å². The first-order chi connectivity index (χ1) is 2.89. The molecule has 0 spiro atoms. The third kappa shape index (κ3) is 0.381. The van der Waals surface area contributed by atoms with Crippen molar-refractivity contribution in [3.05, 3.63) is 12.4 Å². The predicted octanol–water partition coefficient (Wildman–Crippen LogP) is 0.106. The van der Waals surface area contributed by atoms with Crippen molar-refractivity contribution >= 4 is 0 Å². The molecule has 3 nitrogen and oxygen atoms in total. The molecule has 3 heteroatoms. The van der Waals surface area contributed by atoms with Gasteiger partial charge in [0.15, 0.2) is 6.20 Å². The van der Waals surface area contributed by atoms with Crippen molar-refractivity contribution < 1.29 is 0 Å². The fourth-order valence-electron chi connectivity index (χ4n) is 0.267. The molecule has 0 saturated carbocycles. The minimum Gasteiger partial charge on any atom is -0.137 e. The molecule has 0 atom stereocenters. The Morgan fingerprint density at radius 3 is 2.83 bits per heavy atom. The maximum Gasteiger partial charge on any atom is 0.208 e. The van der Waals surface area contributed by atoms with E-state index in [2.05, 4.69) is 10.3 Å². The highest BCUT2D eigenvalue weighted by atomic mass is 15.5. The van der Waals surface area contributed by atoms with Crippen LogP contribution in [0.15, 0.2) is 17.6 Å². The van der Waals surface area contributed by atoms with Gasteiger partial charge in [-0.25, -0.2) is 0 Å². The van der Waals surface area contributed by atoms with Gasteiger partial charge in [0.2, 0.25) is 6.20 Å². The van der Waals surface area contributed by atoms with Crippen molar-refractivity contribution in [2.45, 2.75) is 0 Å². The Labute approximate surface area is 36.0 Å². The fourth-order valence-corrected chi connectivity index (χ4v) is 0.267. The fraction of sp³-hybridized carbons (Fsp3) is 0.333. The Hall–Kier alpha value is -0.860. The first kappa shape index (κ1) is 3.33. The standard InChI is InChI=1S/C3H5N3/c1-6-3-2-4-5-6/h2-3H,1H3/q+1. The lowest BCUT2D eigenvalue weighted by atomic mass is 10.9. The Morgan fingerprint density at radius 2 is 2.67 bits per heavy atom. The number of hydrogen-bond donors (Lipinski definition) is 0. The van der Waals surface area contributed by atoms with Crippen LogP contribution in [0.25, 0.3) is 0 Å². The van der Waals surface area contributed by atoms with Gasteiger partial charge in [-0.3, -0.25) is 0 Å². The van der Waals surface area contributed by atoms with Crippen LogP contribution in [0.1, 0.15) is 0 Å². The zero-order chi connectivity index (χ0) is 4.41. The van der Waals surface area contributed by atoms with E-state index in [1.54, 1.807) is 17.4 Å². The second-order valence-corrected chi connectivity index (χ2v) is 1.08.